The van der Waals surface area contributed by atoms with E-state index in [1.165, 1.54) is 0 Å². The van der Waals surface area contributed by atoms with Crippen LogP contribution in [0.15, 0.2) is 73.3 Å². The number of aromatic nitrogens is 2. The van der Waals surface area contributed by atoms with E-state index in [2.05, 4.69) is 20.6 Å². The quantitative estimate of drug-likeness (QED) is 0.673. The Morgan fingerprint density at radius 2 is 1.38 bits per heavy atom. The fraction of sp³-hybridized carbons (Fsp3) is 0.150. The summed E-state index contributed by atoms with van der Waals surface area (Å²) in [6, 6.07) is 14.4. The van der Waals surface area contributed by atoms with Gasteiger partial charge in [-0.1, -0.05) is 23.7 Å². The van der Waals surface area contributed by atoms with E-state index in [0.717, 1.165) is 16.7 Å². The van der Waals surface area contributed by atoms with E-state index in [9.17, 15) is 4.79 Å². The SMILES string of the molecule is O=C(NCc1ccncc1)C(NCc1ccncc1)c1ccc(Cl)cc1. The molecule has 0 saturated heterocycles. The predicted molar refractivity (Wildman–Crippen MR) is 101 cm³/mol. The van der Waals surface area contributed by atoms with E-state index >= 15 is 0 Å². The minimum absolute atomic E-state index is 0.0989. The number of carbonyl (C=O) groups excluding carboxylic acids is 1. The number of amides is 1. The lowest BCUT2D eigenvalue weighted by Crippen LogP contribution is -2.37. The fourth-order valence-electron chi connectivity index (χ4n) is 2.53. The van der Waals surface area contributed by atoms with Gasteiger partial charge in [-0.15, -0.1) is 0 Å². The molecule has 0 saturated carbocycles. The maximum absolute atomic E-state index is 12.8. The standard InChI is InChI=1S/C20H19ClN4O/c21-18-3-1-17(2-4-18)19(24-13-15-5-9-22-10-6-15)20(26)25-14-16-7-11-23-12-8-16/h1-12,19,24H,13-14H2,(H,25,26). The first kappa shape index (κ1) is 18.0. The van der Waals surface area contributed by atoms with Crippen LogP contribution in [0, 0.1) is 0 Å². The molecule has 5 nitrogen and oxygen atoms in total. The molecule has 2 aromatic heterocycles. The van der Waals surface area contributed by atoms with Crippen molar-refractivity contribution in [3.05, 3.63) is 95.0 Å². The van der Waals surface area contributed by atoms with Crippen LogP contribution in [0.1, 0.15) is 22.7 Å². The average molecular weight is 367 g/mol. The van der Waals surface area contributed by atoms with Crippen LogP contribution in [-0.2, 0) is 17.9 Å². The molecule has 3 aromatic rings. The Morgan fingerprint density at radius 3 is 1.96 bits per heavy atom. The summed E-state index contributed by atoms with van der Waals surface area (Å²) in [5, 5.41) is 6.92. The third kappa shape index (κ3) is 5.12. The summed E-state index contributed by atoms with van der Waals surface area (Å²) >= 11 is 5.98. The molecule has 0 bridgehead atoms. The predicted octanol–water partition coefficient (Wildman–Crippen LogP) is 3.28. The number of benzene rings is 1. The molecule has 0 spiro atoms. The molecule has 1 aromatic carbocycles. The van der Waals surface area contributed by atoms with Gasteiger partial charge in [-0.2, -0.15) is 0 Å². The van der Waals surface area contributed by atoms with Crippen LogP contribution in [-0.4, -0.2) is 15.9 Å². The van der Waals surface area contributed by atoms with Crippen molar-refractivity contribution in [3.63, 3.8) is 0 Å². The molecule has 0 aliphatic heterocycles. The molecule has 0 radical (unpaired) electrons. The van der Waals surface area contributed by atoms with Gasteiger partial charge in [0, 0.05) is 42.9 Å². The second-order valence-corrected chi connectivity index (χ2v) is 6.23. The zero-order chi connectivity index (χ0) is 18.2. The Balaban J connectivity index is 1.71. The highest BCUT2D eigenvalue weighted by atomic mass is 35.5. The van der Waals surface area contributed by atoms with Crippen molar-refractivity contribution < 1.29 is 4.79 Å². The summed E-state index contributed by atoms with van der Waals surface area (Å²) in [6.07, 6.45) is 6.88. The maximum atomic E-state index is 12.8. The van der Waals surface area contributed by atoms with Crippen LogP contribution in [0.4, 0.5) is 0 Å². The van der Waals surface area contributed by atoms with Gasteiger partial charge in [-0.05, 0) is 53.1 Å². The van der Waals surface area contributed by atoms with Gasteiger partial charge in [0.2, 0.25) is 5.91 Å². The van der Waals surface area contributed by atoms with Crippen molar-refractivity contribution in [2.24, 2.45) is 0 Å². The van der Waals surface area contributed by atoms with Gasteiger partial charge >= 0.3 is 0 Å². The number of hydrogen-bond donors (Lipinski definition) is 2. The highest BCUT2D eigenvalue weighted by Gasteiger charge is 2.20. The van der Waals surface area contributed by atoms with Crippen molar-refractivity contribution in [2.45, 2.75) is 19.1 Å². The van der Waals surface area contributed by atoms with Gasteiger partial charge in [0.25, 0.3) is 0 Å². The molecule has 132 valence electrons. The molecule has 26 heavy (non-hydrogen) atoms. The van der Waals surface area contributed by atoms with Crippen molar-refractivity contribution in [1.82, 2.24) is 20.6 Å². The second-order valence-electron chi connectivity index (χ2n) is 5.79. The minimum Gasteiger partial charge on any atom is -0.350 e. The molecule has 2 N–H and O–H groups in total. The van der Waals surface area contributed by atoms with Crippen molar-refractivity contribution in [3.8, 4) is 0 Å². The van der Waals surface area contributed by atoms with Crippen LogP contribution in [0.3, 0.4) is 0 Å². The zero-order valence-corrected chi connectivity index (χ0v) is 14.9. The first-order chi connectivity index (χ1) is 12.7. The van der Waals surface area contributed by atoms with Crippen LogP contribution >= 0.6 is 11.6 Å². The summed E-state index contributed by atoms with van der Waals surface area (Å²) in [7, 11) is 0. The van der Waals surface area contributed by atoms with Crippen molar-refractivity contribution in [1.29, 1.82) is 0 Å². The number of pyridine rings is 2. The molecule has 0 aliphatic carbocycles. The molecule has 1 atom stereocenters. The van der Waals surface area contributed by atoms with Gasteiger partial charge in [0.15, 0.2) is 0 Å². The highest BCUT2D eigenvalue weighted by Crippen LogP contribution is 2.18. The maximum Gasteiger partial charge on any atom is 0.242 e. The fourth-order valence-corrected chi connectivity index (χ4v) is 2.66. The lowest BCUT2D eigenvalue weighted by molar-refractivity contribution is -0.123. The average Bonchev–Trinajstić information content (AvgIpc) is 2.69. The van der Waals surface area contributed by atoms with Gasteiger partial charge in [0.1, 0.15) is 6.04 Å². The Hall–Kier alpha value is -2.76. The summed E-state index contributed by atoms with van der Waals surface area (Å²) in [6.45, 7) is 1.00. The Bertz CT molecular complexity index is 825. The number of carbonyl (C=O) groups is 1. The molecule has 1 amide bonds. The first-order valence-corrected chi connectivity index (χ1v) is 8.64. The smallest absolute Gasteiger partial charge is 0.242 e. The normalized spacial score (nSPS) is 11.7. The second kappa shape index (κ2) is 9.08. The van der Waals surface area contributed by atoms with E-state index in [1.54, 1.807) is 36.9 Å². The van der Waals surface area contributed by atoms with Crippen LogP contribution in [0.2, 0.25) is 5.02 Å². The topological polar surface area (TPSA) is 66.9 Å². The van der Waals surface area contributed by atoms with Crippen LogP contribution < -0.4 is 10.6 Å². The first-order valence-electron chi connectivity index (χ1n) is 8.27. The lowest BCUT2D eigenvalue weighted by Gasteiger charge is -2.19. The number of nitrogens with one attached hydrogen (secondary N) is 2. The molecular weight excluding hydrogens is 348 g/mol. The highest BCUT2D eigenvalue weighted by molar-refractivity contribution is 6.30. The molecule has 3 rings (SSSR count). The Labute approximate surface area is 157 Å². The molecular formula is C20H19ClN4O. The summed E-state index contributed by atoms with van der Waals surface area (Å²) in [5.41, 5.74) is 2.91. The number of rotatable bonds is 7. The summed E-state index contributed by atoms with van der Waals surface area (Å²) in [4.78, 5) is 20.8. The molecule has 2 heterocycles. The van der Waals surface area contributed by atoms with E-state index in [0.29, 0.717) is 18.1 Å². The number of halogens is 1. The Morgan fingerprint density at radius 1 is 0.846 bits per heavy atom. The Kier molecular flexibility index (Phi) is 6.30. The van der Waals surface area contributed by atoms with Crippen LogP contribution in [0.25, 0.3) is 0 Å². The van der Waals surface area contributed by atoms with E-state index in [-0.39, 0.29) is 5.91 Å². The summed E-state index contributed by atoms with van der Waals surface area (Å²) in [5.74, 6) is -0.0989. The number of nitrogens with zero attached hydrogens (tertiary/aromatic N) is 2. The third-order valence-corrected chi connectivity index (χ3v) is 4.19. The largest absolute Gasteiger partial charge is 0.350 e. The van der Waals surface area contributed by atoms with E-state index in [1.807, 2.05) is 36.4 Å². The van der Waals surface area contributed by atoms with E-state index < -0.39 is 6.04 Å². The van der Waals surface area contributed by atoms with Crippen molar-refractivity contribution in [2.75, 3.05) is 0 Å². The third-order valence-electron chi connectivity index (χ3n) is 3.94. The molecule has 0 aliphatic rings. The van der Waals surface area contributed by atoms with Gasteiger partial charge in [0.05, 0.1) is 0 Å². The van der Waals surface area contributed by atoms with Gasteiger partial charge < -0.3 is 5.32 Å². The zero-order valence-electron chi connectivity index (χ0n) is 14.1. The van der Waals surface area contributed by atoms with Crippen LogP contribution in [0.5, 0.6) is 0 Å². The molecule has 0 fully saturated rings. The minimum atomic E-state index is -0.484. The van der Waals surface area contributed by atoms with Gasteiger partial charge in [-0.25, -0.2) is 0 Å². The van der Waals surface area contributed by atoms with Crippen molar-refractivity contribution >= 4 is 17.5 Å². The monoisotopic (exact) mass is 366 g/mol. The lowest BCUT2D eigenvalue weighted by atomic mass is 10.1. The molecule has 1 unspecified atom stereocenters. The van der Waals surface area contributed by atoms with Gasteiger partial charge in [-0.3, -0.25) is 20.1 Å². The molecule has 6 heteroatoms. The summed E-state index contributed by atoms with van der Waals surface area (Å²) < 4.78 is 0. The number of hydrogen-bond acceptors (Lipinski definition) is 4. The van der Waals surface area contributed by atoms with E-state index in [4.69, 9.17) is 11.6 Å².